The number of alkyl halides is 1. The van der Waals surface area contributed by atoms with Gasteiger partial charge < -0.3 is 14.4 Å². The van der Waals surface area contributed by atoms with Crippen LogP contribution in [0.1, 0.15) is 40.0 Å². The number of hydrogen-bond donors (Lipinski definition) is 0. The molecule has 0 radical (unpaired) electrons. The predicted molar refractivity (Wildman–Crippen MR) is 83.7 cm³/mol. The zero-order chi connectivity index (χ0) is 15.9. The normalized spacial score (nSPS) is 18.1. The third-order valence-electron chi connectivity index (χ3n) is 3.81. The molecule has 5 nitrogen and oxygen atoms in total. The van der Waals surface area contributed by atoms with Crippen molar-refractivity contribution in [1.29, 1.82) is 0 Å². The number of amides is 1. The van der Waals surface area contributed by atoms with Gasteiger partial charge in [-0.2, -0.15) is 0 Å². The van der Waals surface area contributed by atoms with E-state index in [1.807, 2.05) is 0 Å². The molecule has 1 saturated heterocycles. The van der Waals surface area contributed by atoms with Gasteiger partial charge in [0.25, 0.3) is 5.91 Å². The highest BCUT2D eigenvalue weighted by Crippen LogP contribution is 2.25. The second kappa shape index (κ2) is 8.15. The Balaban J connectivity index is 2.30. The van der Waals surface area contributed by atoms with Gasteiger partial charge in [-0.3, -0.25) is 9.59 Å². The van der Waals surface area contributed by atoms with Crippen molar-refractivity contribution in [2.24, 2.45) is 0 Å². The van der Waals surface area contributed by atoms with Crippen molar-refractivity contribution in [1.82, 2.24) is 4.90 Å². The van der Waals surface area contributed by atoms with Crippen LogP contribution in [-0.4, -0.2) is 49.5 Å². The SMILES string of the molecule is COCOc1cccc(C(=O)N2CCCC[C@H]2CCl)c1C=O. The van der Waals surface area contributed by atoms with Crippen LogP contribution < -0.4 is 4.74 Å². The molecule has 0 N–H and O–H groups in total. The average Bonchev–Trinajstić information content (AvgIpc) is 2.58. The van der Waals surface area contributed by atoms with E-state index in [1.165, 1.54) is 7.11 Å². The maximum Gasteiger partial charge on any atom is 0.255 e. The minimum Gasteiger partial charge on any atom is -0.467 e. The number of piperidine rings is 1. The van der Waals surface area contributed by atoms with Gasteiger partial charge in [-0.05, 0) is 31.4 Å². The quantitative estimate of drug-likeness (QED) is 0.458. The summed E-state index contributed by atoms with van der Waals surface area (Å²) in [6.45, 7) is 0.685. The van der Waals surface area contributed by atoms with E-state index in [0.717, 1.165) is 19.3 Å². The molecule has 1 heterocycles. The summed E-state index contributed by atoms with van der Waals surface area (Å²) < 4.78 is 10.2. The fourth-order valence-electron chi connectivity index (χ4n) is 2.68. The molecule has 0 unspecified atom stereocenters. The van der Waals surface area contributed by atoms with Gasteiger partial charge in [-0.1, -0.05) is 6.07 Å². The van der Waals surface area contributed by atoms with Gasteiger partial charge >= 0.3 is 0 Å². The van der Waals surface area contributed by atoms with Crippen molar-refractivity contribution < 1.29 is 19.1 Å². The van der Waals surface area contributed by atoms with E-state index in [1.54, 1.807) is 23.1 Å². The first-order valence-corrected chi connectivity index (χ1v) is 7.83. The Labute approximate surface area is 135 Å². The smallest absolute Gasteiger partial charge is 0.255 e. The molecule has 0 bridgehead atoms. The first-order valence-electron chi connectivity index (χ1n) is 7.29. The van der Waals surface area contributed by atoms with Crippen molar-refractivity contribution in [2.45, 2.75) is 25.3 Å². The van der Waals surface area contributed by atoms with Gasteiger partial charge in [0.15, 0.2) is 13.1 Å². The first kappa shape index (κ1) is 16.8. The van der Waals surface area contributed by atoms with Crippen LogP contribution in [0, 0.1) is 0 Å². The van der Waals surface area contributed by atoms with E-state index >= 15 is 0 Å². The summed E-state index contributed by atoms with van der Waals surface area (Å²) in [4.78, 5) is 26.0. The van der Waals surface area contributed by atoms with E-state index in [4.69, 9.17) is 21.1 Å². The molecule has 0 aromatic heterocycles. The van der Waals surface area contributed by atoms with Gasteiger partial charge in [0.05, 0.1) is 11.1 Å². The van der Waals surface area contributed by atoms with Crippen LogP contribution in [0.5, 0.6) is 5.75 Å². The van der Waals surface area contributed by atoms with E-state index in [0.29, 0.717) is 30.0 Å². The third-order valence-corrected chi connectivity index (χ3v) is 4.17. The molecule has 120 valence electrons. The second-order valence-corrected chi connectivity index (χ2v) is 5.50. The van der Waals surface area contributed by atoms with Gasteiger partial charge in [-0.25, -0.2) is 0 Å². The van der Waals surface area contributed by atoms with E-state index in [-0.39, 0.29) is 24.3 Å². The van der Waals surface area contributed by atoms with Gasteiger partial charge in [0, 0.05) is 25.6 Å². The molecule has 22 heavy (non-hydrogen) atoms. The van der Waals surface area contributed by atoms with Gasteiger partial charge in [0.2, 0.25) is 0 Å². The monoisotopic (exact) mass is 325 g/mol. The van der Waals surface area contributed by atoms with Crippen molar-refractivity contribution in [3.8, 4) is 5.75 Å². The summed E-state index contributed by atoms with van der Waals surface area (Å²) in [5.74, 6) is 0.583. The molecule has 1 aromatic carbocycles. The number of carbonyl (C=O) groups is 2. The zero-order valence-electron chi connectivity index (χ0n) is 12.6. The first-order chi connectivity index (χ1) is 10.7. The fraction of sp³-hybridized carbons (Fsp3) is 0.500. The molecule has 1 fully saturated rings. The Morgan fingerprint density at radius 3 is 2.95 bits per heavy atom. The molecule has 2 rings (SSSR count). The largest absolute Gasteiger partial charge is 0.467 e. The fourth-order valence-corrected chi connectivity index (χ4v) is 3.00. The summed E-state index contributed by atoms with van der Waals surface area (Å²) in [5, 5.41) is 0. The van der Waals surface area contributed by atoms with Crippen molar-refractivity contribution in [3.05, 3.63) is 29.3 Å². The molecule has 1 aliphatic heterocycles. The maximum atomic E-state index is 12.8. The maximum absolute atomic E-state index is 12.8. The number of methoxy groups -OCH3 is 1. The Morgan fingerprint density at radius 2 is 2.27 bits per heavy atom. The highest BCUT2D eigenvalue weighted by atomic mass is 35.5. The number of nitrogens with zero attached hydrogens (tertiary/aromatic N) is 1. The molecule has 6 heteroatoms. The number of aldehydes is 1. The number of hydrogen-bond acceptors (Lipinski definition) is 4. The Bertz CT molecular complexity index is 535. The summed E-state index contributed by atoms with van der Waals surface area (Å²) in [6.07, 6.45) is 3.57. The highest BCUT2D eigenvalue weighted by Gasteiger charge is 2.28. The lowest BCUT2D eigenvalue weighted by Gasteiger charge is -2.35. The van der Waals surface area contributed by atoms with Crippen LogP contribution in [0.3, 0.4) is 0 Å². The molecule has 1 aromatic rings. The van der Waals surface area contributed by atoms with Crippen LogP contribution in [0.2, 0.25) is 0 Å². The number of carbonyl (C=O) groups excluding carboxylic acids is 2. The molecular formula is C16H20ClNO4. The lowest BCUT2D eigenvalue weighted by molar-refractivity contribution is 0.0499. The van der Waals surface area contributed by atoms with E-state index < -0.39 is 0 Å². The number of rotatable bonds is 6. The Kier molecular flexibility index (Phi) is 6.21. The highest BCUT2D eigenvalue weighted by molar-refractivity contribution is 6.18. The molecular weight excluding hydrogens is 306 g/mol. The molecule has 1 aliphatic rings. The third kappa shape index (κ3) is 3.59. The van der Waals surface area contributed by atoms with Crippen LogP contribution in [0.4, 0.5) is 0 Å². The van der Waals surface area contributed by atoms with Crippen LogP contribution in [0.15, 0.2) is 18.2 Å². The lowest BCUT2D eigenvalue weighted by atomic mass is 10.00. The molecule has 0 spiro atoms. The van der Waals surface area contributed by atoms with Gasteiger partial charge in [-0.15, -0.1) is 11.6 Å². The minimum absolute atomic E-state index is 0.0194. The lowest BCUT2D eigenvalue weighted by Crippen LogP contribution is -2.45. The minimum atomic E-state index is -0.171. The van der Waals surface area contributed by atoms with E-state index in [2.05, 4.69) is 0 Å². The number of likely N-dealkylation sites (tertiary alicyclic amines) is 1. The molecule has 1 atom stereocenters. The second-order valence-electron chi connectivity index (χ2n) is 5.19. The van der Waals surface area contributed by atoms with Crippen molar-refractivity contribution in [2.75, 3.05) is 26.3 Å². The van der Waals surface area contributed by atoms with E-state index in [9.17, 15) is 9.59 Å². The van der Waals surface area contributed by atoms with Crippen LogP contribution in [-0.2, 0) is 4.74 Å². The van der Waals surface area contributed by atoms with Crippen molar-refractivity contribution in [3.63, 3.8) is 0 Å². The van der Waals surface area contributed by atoms with Crippen molar-refractivity contribution >= 4 is 23.8 Å². The zero-order valence-corrected chi connectivity index (χ0v) is 13.3. The number of benzene rings is 1. The summed E-state index contributed by atoms with van der Waals surface area (Å²) in [6, 6.07) is 5.01. The number of halogens is 1. The Morgan fingerprint density at radius 1 is 1.45 bits per heavy atom. The summed E-state index contributed by atoms with van der Waals surface area (Å²) in [7, 11) is 1.49. The summed E-state index contributed by atoms with van der Waals surface area (Å²) in [5.41, 5.74) is 0.601. The predicted octanol–water partition coefficient (Wildman–Crippen LogP) is 2.72. The average molecular weight is 326 g/mol. The standard InChI is InChI=1S/C16H20ClNO4/c1-21-11-22-15-7-4-6-13(14(15)10-19)16(20)18-8-3-2-5-12(18)9-17/h4,6-7,10,12H,2-3,5,8-9,11H2,1H3/t12-/m0/s1. The van der Waals surface area contributed by atoms with Crippen LogP contribution >= 0.6 is 11.6 Å². The molecule has 0 aliphatic carbocycles. The topological polar surface area (TPSA) is 55.8 Å². The van der Waals surface area contributed by atoms with Crippen LogP contribution in [0.25, 0.3) is 0 Å². The molecule has 0 saturated carbocycles. The Hall–Kier alpha value is -1.59. The van der Waals surface area contributed by atoms with Gasteiger partial charge in [0.1, 0.15) is 5.75 Å². The number of ether oxygens (including phenoxy) is 2. The summed E-state index contributed by atoms with van der Waals surface area (Å²) >= 11 is 5.98. The molecule has 1 amide bonds.